The van der Waals surface area contributed by atoms with Crippen LogP contribution in [0, 0.1) is 13.8 Å². The van der Waals surface area contributed by atoms with Crippen molar-refractivity contribution in [1.82, 2.24) is 9.55 Å². The predicted molar refractivity (Wildman–Crippen MR) is 90.3 cm³/mol. The second kappa shape index (κ2) is 5.89. The molecule has 0 aliphatic rings. The number of imidazole rings is 1. The first-order chi connectivity index (χ1) is 10.9. The minimum absolute atomic E-state index is 0.248. The van der Waals surface area contributed by atoms with Crippen LogP contribution in [0.2, 0.25) is 0 Å². The maximum Gasteiger partial charge on any atom is 0.261 e. The second-order valence-electron chi connectivity index (χ2n) is 5.39. The van der Waals surface area contributed by atoms with Crippen molar-refractivity contribution >= 4 is 15.7 Å². The SMILES string of the molecule is Cc1ccc(S(=O)(=O)Nc2ccc(-n3cnc(C)c3)cc2)cc1. The van der Waals surface area contributed by atoms with Gasteiger partial charge in [-0.3, -0.25) is 4.72 Å². The van der Waals surface area contributed by atoms with E-state index >= 15 is 0 Å². The van der Waals surface area contributed by atoms with Crippen LogP contribution in [0.25, 0.3) is 5.69 Å². The molecule has 0 fully saturated rings. The van der Waals surface area contributed by atoms with Gasteiger partial charge >= 0.3 is 0 Å². The summed E-state index contributed by atoms with van der Waals surface area (Å²) in [5.74, 6) is 0. The Hall–Kier alpha value is -2.60. The molecule has 0 radical (unpaired) electrons. The molecule has 0 saturated carbocycles. The highest BCUT2D eigenvalue weighted by Crippen LogP contribution is 2.18. The van der Waals surface area contributed by atoms with Crippen molar-refractivity contribution < 1.29 is 8.42 Å². The fraction of sp³-hybridized carbons (Fsp3) is 0.118. The fourth-order valence-corrected chi connectivity index (χ4v) is 3.25. The number of rotatable bonds is 4. The number of aryl methyl sites for hydroxylation is 2. The van der Waals surface area contributed by atoms with Gasteiger partial charge in [0.25, 0.3) is 10.0 Å². The van der Waals surface area contributed by atoms with Crippen LogP contribution in [-0.4, -0.2) is 18.0 Å². The first-order valence-corrected chi connectivity index (χ1v) is 8.63. The lowest BCUT2D eigenvalue weighted by Crippen LogP contribution is -2.12. The van der Waals surface area contributed by atoms with Crippen LogP contribution < -0.4 is 4.72 Å². The first kappa shape index (κ1) is 15.3. The monoisotopic (exact) mass is 327 g/mol. The standard InChI is InChI=1S/C17H17N3O2S/c1-13-3-9-17(10-4-13)23(21,22)19-15-5-7-16(8-6-15)20-11-14(2)18-12-20/h3-12,19H,1-2H3. The number of hydrogen-bond donors (Lipinski definition) is 1. The van der Waals surface area contributed by atoms with E-state index in [2.05, 4.69) is 9.71 Å². The van der Waals surface area contributed by atoms with Crippen LogP contribution in [0.3, 0.4) is 0 Å². The Balaban J connectivity index is 1.81. The topological polar surface area (TPSA) is 64.0 Å². The van der Waals surface area contributed by atoms with Gasteiger partial charge in [-0.2, -0.15) is 0 Å². The van der Waals surface area contributed by atoms with Crippen LogP contribution in [0.5, 0.6) is 0 Å². The molecule has 1 heterocycles. The summed E-state index contributed by atoms with van der Waals surface area (Å²) >= 11 is 0. The molecule has 0 saturated heterocycles. The van der Waals surface area contributed by atoms with Crippen LogP contribution in [0.4, 0.5) is 5.69 Å². The Bertz CT molecular complexity index is 911. The van der Waals surface area contributed by atoms with Crippen molar-refractivity contribution in [3.05, 3.63) is 72.3 Å². The molecule has 3 rings (SSSR count). The predicted octanol–water partition coefficient (Wildman–Crippen LogP) is 3.29. The molecule has 0 spiro atoms. The summed E-state index contributed by atoms with van der Waals surface area (Å²) in [6.45, 7) is 3.83. The lowest BCUT2D eigenvalue weighted by Gasteiger charge is -2.09. The Morgan fingerprint density at radius 2 is 1.61 bits per heavy atom. The molecule has 0 aliphatic heterocycles. The van der Waals surface area contributed by atoms with E-state index in [1.54, 1.807) is 42.7 Å². The molecule has 0 unspecified atom stereocenters. The molecule has 0 bridgehead atoms. The van der Waals surface area contributed by atoms with Crippen molar-refractivity contribution in [3.63, 3.8) is 0 Å². The van der Waals surface area contributed by atoms with Gasteiger partial charge in [0.15, 0.2) is 0 Å². The smallest absolute Gasteiger partial charge is 0.261 e. The molecule has 5 nitrogen and oxygen atoms in total. The van der Waals surface area contributed by atoms with Crippen molar-refractivity contribution in [2.24, 2.45) is 0 Å². The second-order valence-corrected chi connectivity index (χ2v) is 7.07. The van der Waals surface area contributed by atoms with Crippen LogP contribution in [-0.2, 0) is 10.0 Å². The van der Waals surface area contributed by atoms with Gasteiger partial charge in [-0.25, -0.2) is 13.4 Å². The summed E-state index contributed by atoms with van der Waals surface area (Å²) in [7, 11) is -3.57. The molecule has 118 valence electrons. The van der Waals surface area contributed by atoms with E-state index in [-0.39, 0.29) is 4.90 Å². The number of anilines is 1. The zero-order valence-corrected chi connectivity index (χ0v) is 13.7. The van der Waals surface area contributed by atoms with Crippen LogP contribution in [0.1, 0.15) is 11.3 Å². The van der Waals surface area contributed by atoms with Gasteiger partial charge in [0.1, 0.15) is 0 Å². The molecular formula is C17H17N3O2S. The Morgan fingerprint density at radius 1 is 0.957 bits per heavy atom. The van der Waals surface area contributed by atoms with Crippen molar-refractivity contribution in [2.45, 2.75) is 18.7 Å². The normalized spacial score (nSPS) is 11.4. The average Bonchev–Trinajstić information content (AvgIpc) is 2.95. The molecule has 0 atom stereocenters. The van der Waals surface area contributed by atoms with Crippen molar-refractivity contribution in [3.8, 4) is 5.69 Å². The van der Waals surface area contributed by atoms with E-state index in [1.165, 1.54) is 0 Å². The number of hydrogen-bond acceptors (Lipinski definition) is 3. The van der Waals surface area contributed by atoms with Gasteiger partial charge in [0, 0.05) is 17.6 Å². The van der Waals surface area contributed by atoms with Gasteiger partial charge in [-0.05, 0) is 50.2 Å². The zero-order valence-electron chi connectivity index (χ0n) is 12.9. The third-order valence-corrected chi connectivity index (χ3v) is 4.86. The van der Waals surface area contributed by atoms with E-state index in [0.717, 1.165) is 16.9 Å². The summed E-state index contributed by atoms with van der Waals surface area (Å²) in [6.07, 6.45) is 3.63. The minimum atomic E-state index is -3.57. The molecule has 3 aromatic rings. The Morgan fingerprint density at radius 3 is 2.17 bits per heavy atom. The highest BCUT2D eigenvalue weighted by atomic mass is 32.2. The molecule has 1 aromatic heterocycles. The molecular weight excluding hydrogens is 310 g/mol. The Labute approximate surface area is 135 Å². The quantitative estimate of drug-likeness (QED) is 0.800. The number of nitrogens with one attached hydrogen (secondary N) is 1. The lowest BCUT2D eigenvalue weighted by atomic mass is 10.2. The molecule has 1 N–H and O–H groups in total. The first-order valence-electron chi connectivity index (χ1n) is 7.14. The van der Waals surface area contributed by atoms with Gasteiger partial charge in [0.05, 0.1) is 16.9 Å². The summed E-state index contributed by atoms with van der Waals surface area (Å²) in [6, 6.07) is 13.9. The van der Waals surface area contributed by atoms with E-state index in [1.807, 2.05) is 36.7 Å². The summed E-state index contributed by atoms with van der Waals surface area (Å²) in [5, 5.41) is 0. The van der Waals surface area contributed by atoms with Crippen molar-refractivity contribution in [2.75, 3.05) is 4.72 Å². The number of aromatic nitrogens is 2. The molecule has 2 aromatic carbocycles. The van der Waals surface area contributed by atoms with E-state index in [0.29, 0.717) is 5.69 Å². The maximum absolute atomic E-state index is 12.3. The molecule has 6 heteroatoms. The highest BCUT2D eigenvalue weighted by Gasteiger charge is 2.13. The molecule has 0 amide bonds. The molecule has 0 aliphatic carbocycles. The fourth-order valence-electron chi connectivity index (χ4n) is 2.20. The van der Waals surface area contributed by atoms with Gasteiger partial charge < -0.3 is 4.57 Å². The third-order valence-electron chi connectivity index (χ3n) is 3.46. The third kappa shape index (κ3) is 3.43. The van der Waals surface area contributed by atoms with Gasteiger partial charge in [-0.15, -0.1) is 0 Å². The van der Waals surface area contributed by atoms with Gasteiger partial charge in [0.2, 0.25) is 0 Å². The summed E-state index contributed by atoms with van der Waals surface area (Å²) in [4.78, 5) is 4.42. The van der Waals surface area contributed by atoms with Crippen molar-refractivity contribution in [1.29, 1.82) is 0 Å². The number of sulfonamides is 1. The minimum Gasteiger partial charge on any atom is -0.306 e. The van der Waals surface area contributed by atoms with E-state index in [4.69, 9.17) is 0 Å². The zero-order chi connectivity index (χ0) is 16.4. The maximum atomic E-state index is 12.3. The van der Waals surface area contributed by atoms with Crippen LogP contribution >= 0.6 is 0 Å². The Kier molecular flexibility index (Phi) is 3.92. The summed E-state index contributed by atoms with van der Waals surface area (Å²) < 4.78 is 29.2. The van der Waals surface area contributed by atoms with E-state index < -0.39 is 10.0 Å². The summed E-state index contributed by atoms with van der Waals surface area (Å²) in [5.41, 5.74) is 3.38. The highest BCUT2D eigenvalue weighted by molar-refractivity contribution is 7.92. The lowest BCUT2D eigenvalue weighted by molar-refractivity contribution is 0.601. The van der Waals surface area contributed by atoms with Crippen LogP contribution in [0.15, 0.2) is 66.0 Å². The van der Waals surface area contributed by atoms with Gasteiger partial charge in [-0.1, -0.05) is 17.7 Å². The largest absolute Gasteiger partial charge is 0.306 e. The number of nitrogens with zero attached hydrogens (tertiary/aromatic N) is 2. The average molecular weight is 327 g/mol. The molecule has 23 heavy (non-hydrogen) atoms. The number of benzene rings is 2. The van der Waals surface area contributed by atoms with E-state index in [9.17, 15) is 8.42 Å².